The first-order chi connectivity index (χ1) is 21.0. The molecule has 9 atom stereocenters. The molecule has 45 heavy (non-hydrogen) atoms. The molecule has 4 rings (SSSR count). The highest BCUT2D eigenvalue weighted by Crippen LogP contribution is 2.60. The fourth-order valence-corrected chi connectivity index (χ4v) is 7.74. The Morgan fingerprint density at radius 3 is 2.07 bits per heavy atom. The van der Waals surface area contributed by atoms with Crippen molar-refractivity contribution >= 4 is 23.9 Å². The summed E-state index contributed by atoms with van der Waals surface area (Å²) in [4.78, 5) is 51.5. The van der Waals surface area contributed by atoms with E-state index in [9.17, 15) is 29.4 Å². The second-order valence-corrected chi connectivity index (χ2v) is 12.9. The molecule has 1 saturated carbocycles. The summed E-state index contributed by atoms with van der Waals surface area (Å²) >= 11 is 0. The summed E-state index contributed by atoms with van der Waals surface area (Å²) in [6.07, 6.45) is -6.88. The summed E-state index contributed by atoms with van der Waals surface area (Å²) in [6.45, 7) is 9.79. The second-order valence-electron chi connectivity index (χ2n) is 12.9. The summed E-state index contributed by atoms with van der Waals surface area (Å²) in [5, 5.41) is 24.0. The van der Waals surface area contributed by atoms with Crippen molar-refractivity contribution in [3.63, 3.8) is 0 Å². The number of rotatable bonds is 7. The molecule has 2 N–H and O–H groups in total. The van der Waals surface area contributed by atoms with E-state index in [1.807, 2.05) is 0 Å². The van der Waals surface area contributed by atoms with Crippen LogP contribution in [0.25, 0.3) is 0 Å². The standard InChI is InChI=1S/C33H44O12/c1-17-22(42-18(2)34)14-23(44-30(38)21-12-10-9-11-13-21)28-32(7,29(37)27(43-19(3)35)26(17)31(5,6)39)24(40-8)15-25-33(28,16-41-25)45-20(4)36/h9-13,22-25,27-29,37,39H,14-16H2,1-8H3/b26-17-/t22-,23+,24-,25+,27+,28-,29-,32+,33-/m0/s1. The van der Waals surface area contributed by atoms with E-state index in [4.69, 9.17) is 28.4 Å². The minimum absolute atomic E-state index is 0.0821. The molecule has 0 unspecified atom stereocenters. The predicted octanol–water partition coefficient (Wildman–Crippen LogP) is 2.67. The van der Waals surface area contributed by atoms with Gasteiger partial charge in [-0.1, -0.05) is 25.1 Å². The van der Waals surface area contributed by atoms with E-state index in [1.54, 1.807) is 44.2 Å². The van der Waals surface area contributed by atoms with Crippen LogP contribution in [0.4, 0.5) is 0 Å². The van der Waals surface area contributed by atoms with Gasteiger partial charge in [0.2, 0.25) is 0 Å². The molecule has 0 bridgehead atoms. The third-order valence-electron chi connectivity index (χ3n) is 9.45. The van der Waals surface area contributed by atoms with E-state index in [-0.39, 0.29) is 30.6 Å². The molecule has 0 spiro atoms. The van der Waals surface area contributed by atoms with Gasteiger partial charge in [-0.15, -0.1) is 0 Å². The van der Waals surface area contributed by atoms with Gasteiger partial charge in [-0.25, -0.2) is 4.79 Å². The molecule has 1 aliphatic heterocycles. The summed E-state index contributed by atoms with van der Waals surface area (Å²) < 4.78 is 35.8. The Kier molecular flexibility index (Phi) is 9.84. The molecule has 3 aliphatic rings. The fourth-order valence-electron chi connectivity index (χ4n) is 7.74. The zero-order chi connectivity index (χ0) is 33.5. The van der Waals surface area contributed by atoms with Crippen LogP contribution in [0.5, 0.6) is 0 Å². The summed E-state index contributed by atoms with van der Waals surface area (Å²) in [5.74, 6) is -3.77. The first-order valence-electron chi connectivity index (χ1n) is 15.0. The van der Waals surface area contributed by atoms with Crippen LogP contribution in [0.1, 0.15) is 71.7 Å². The monoisotopic (exact) mass is 632 g/mol. The highest BCUT2D eigenvalue weighted by molar-refractivity contribution is 5.89. The van der Waals surface area contributed by atoms with E-state index in [1.165, 1.54) is 41.7 Å². The zero-order valence-electron chi connectivity index (χ0n) is 27.0. The van der Waals surface area contributed by atoms with Crippen LogP contribution < -0.4 is 0 Å². The molecule has 1 aromatic rings. The van der Waals surface area contributed by atoms with E-state index in [0.717, 1.165) is 0 Å². The van der Waals surface area contributed by atoms with Crippen LogP contribution in [0.2, 0.25) is 0 Å². The molecular formula is C33H44O12. The quantitative estimate of drug-likeness (QED) is 0.257. The van der Waals surface area contributed by atoms with Crippen molar-refractivity contribution in [2.45, 2.75) is 109 Å². The average Bonchev–Trinajstić information content (AvgIpc) is 2.95. The highest BCUT2D eigenvalue weighted by Gasteiger charge is 2.73. The Labute approximate surface area is 262 Å². The lowest BCUT2D eigenvalue weighted by molar-refractivity contribution is -0.349. The number of hydrogen-bond donors (Lipinski definition) is 2. The molecule has 1 saturated heterocycles. The predicted molar refractivity (Wildman–Crippen MR) is 158 cm³/mol. The van der Waals surface area contributed by atoms with Gasteiger partial charge in [-0.05, 0) is 38.5 Å². The van der Waals surface area contributed by atoms with Crippen LogP contribution in [-0.2, 0) is 42.8 Å². The van der Waals surface area contributed by atoms with Gasteiger partial charge in [0.05, 0.1) is 29.8 Å². The van der Waals surface area contributed by atoms with Gasteiger partial charge in [0.25, 0.3) is 0 Å². The van der Waals surface area contributed by atoms with Crippen LogP contribution in [0, 0.1) is 11.3 Å². The Hall–Kier alpha value is -3.32. The third kappa shape index (κ3) is 6.38. The number of carbonyl (C=O) groups is 4. The number of ether oxygens (including phenoxy) is 6. The van der Waals surface area contributed by atoms with Crippen LogP contribution in [0.3, 0.4) is 0 Å². The largest absolute Gasteiger partial charge is 0.458 e. The Bertz CT molecular complexity index is 1330. The van der Waals surface area contributed by atoms with Crippen LogP contribution >= 0.6 is 0 Å². The molecule has 248 valence electrons. The van der Waals surface area contributed by atoms with Gasteiger partial charge >= 0.3 is 23.9 Å². The van der Waals surface area contributed by atoms with Crippen molar-refractivity contribution in [1.29, 1.82) is 0 Å². The van der Waals surface area contributed by atoms with Gasteiger partial charge < -0.3 is 38.6 Å². The number of aliphatic hydroxyl groups excluding tert-OH is 1. The molecule has 12 nitrogen and oxygen atoms in total. The number of fused-ring (bicyclic) bond motifs is 3. The van der Waals surface area contributed by atoms with E-state index >= 15 is 0 Å². The highest BCUT2D eigenvalue weighted by atomic mass is 16.6. The van der Waals surface area contributed by atoms with Crippen LogP contribution in [-0.4, -0.2) is 95.6 Å². The van der Waals surface area contributed by atoms with Crippen molar-refractivity contribution in [2.75, 3.05) is 13.7 Å². The van der Waals surface area contributed by atoms with E-state index < -0.39 is 83.0 Å². The van der Waals surface area contributed by atoms with Gasteiger partial charge in [-0.2, -0.15) is 0 Å². The molecule has 12 heteroatoms. The normalized spacial score (nSPS) is 36.4. The van der Waals surface area contributed by atoms with Crippen molar-refractivity contribution in [3.8, 4) is 0 Å². The minimum Gasteiger partial charge on any atom is -0.458 e. The molecule has 2 aliphatic carbocycles. The van der Waals surface area contributed by atoms with Crippen molar-refractivity contribution in [1.82, 2.24) is 0 Å². The second kappa shape index (κ2) is 12.8. The first kappa shape index (κ1) is 34.6. The van der Waals surface area contributed by atoms with E-state index in [2.05, 4.69) is 0 Å². The Balaban J connectivity index is 2.06. The fraction of sp³-hybridized carbons (Fsp3) is 0.636. The zero-order valence-corrected chi connectivity index (χ0v) is 27.0. The molecule has 1 heterocycles. The maximum atomic E-state index is 13.7. The Morgan fingerprint density at radius 1 is 0.956 bits per heavy atom. The maximum absolute atomic E-state index is 13.7. The van der Waals surface area contributed by atoms with Crippen molar-refractivity contribution < 1.29 is 57.8 Å². The summed E-state index contributed by atoms with van der Waals surface area (Å²) in [6, 6.07) is 8.27. The van der Waals surface area contributed by atoms with Gasteiger partial charge in [0, 0.05) is 51.7 Å². The molecule has 2 fully saturated rings. The van der Waals surface area contributed by atoms with Gasteiger partial charge in [0.15, 0.2) is 11.7 Å². The molecule has 1 aromatic carbocycles. The third-order valence-corrected chi connectivity index (χ3v) is 9.45. The van der Waals surface area contributed by atoms with E-state index in [0.29, 0.717) is 5.57 Å². The first-order valence-corrected chi connectivity index (χ1v) is 15.0. The number of aliphatic hydroxyl groups is 2. The summed E-state index contributed by atoms with van der Waals surface area (Å²) in [7, 11) is 1.45. The lowest BCUT2D eigenvalue weighted by Crippen LogP contribution is -2.78. The number of methoxy groups -OCH3 is 1. The molecule has 0 amide bonds. The lowest BCUT2D eigenvalue weighted by atomic mass is 9.51. The van der Waals surface area contributed by atoms with Gasteiger partial charge in [0.1, 0.15) is 24.4 Å². The SMILES string of the molecule is CO[C@H]1C[C@H]2OC[C@@]2(OC(C)=O)[C@H]2[C@H](OC(=O)c3ccccc3)C[C@H](OC(C)=O)/C(C)=C(\C(C)(C)O)[C@@H](OC(C)=O)[C@H](O)[C@]12C. The van der Waals surface area contributed by atoms with Gasteiger partial charge in [-0.3, -0.25) is 14.4 Å². The smallest absolute Gasteiger partial charge is 0.338 e. The van der Waals surface area contributed by atoms with Crippen LogP contribution in [0.15, 0.2) is 41.5 Å². The minimum atomic E-state index is -1.69. The number of esters is 4. The molecule has 0 aromatic heterocycles. The summed E-state index contributed by atoms with van der Waals surface area (Å²) in [5.41, 5.74) is -3.94. The topological polar surface area (TPSA) is 164 Å². The van der Waals surface area contributed by atoms with Crippen molar-refractivity contribution in [3.05, 3.63) is 47.0 Å². The molecule has 0 radical (unpaired) electrons. The number of carbonyl (C=O) groups excluding carboxylic acids is 4. The Morgan fingerprint density at radius 2 is 1.58 bits per heavy atom. The average molecular weight is 633 g/mol. The van der Waals surface area contributed by atoms with Crippen molar-refractivity contribution in [2.24, 2.45) is 11.3 Å². The number of hydrogen-bond acceptors (Lipinski definition) is 12. The number of benzene rings is 1. The molecular weight excluding hydrogens is 588 g/mol. The lowest BCUT2D eigenvalue weighted by Gasteiger charge is -2.65. The maximum Gasteiger partial charge on any atom is 0.338 e.